The van der Waals surface area contributed by atoms with Gasteiger partial charge in [-0.25, -0.2) is 0 Å². The fourth-order valence-corrected chi connectivity index (χ4v) is 1.48. The lowest BCUT2D eigenvalue weighted by Gasteiger charge is -1.93. The average Bonchev–Trinajstić information content (AvgIpc) is 2.73. The van der Waals surface area contributed by atoms with Gasteiger partial charge in [0.1, 0.15) is 11.5 Å². The van der Waals surface area contributed by atoms with Crippen LogP contribution < -0.4 is 0 Å². The molecule has 1 nitrogen and oxygen atoms in total. The topological polar surface area (TPSA) is 13.1 Å². The summed E-state index contributed by atoms with van der Waals surface area (Å²) in [7, 11) is 0. The van der Waals surface area contributed by atoms with Gasteiger partial charge in [-0.2, -0.15) is 0 Å². The molecule has 0 bridgehead atoms. The molecule has 0 aliphatic rings. The molecule has 74 valence electrons. The van der Waals surface area contributed by atoms with Crippen molar-refractivity contribution in [3.05, 3.63) is 60.9 Å². The van der Waals surface area contributed by atoms with Crippen molar-refractivity contribution >= 4 is 12.2 Å². The SMILES string of the molecule is C=Cc1cc(-c2ccccc2)oc1C=C. The molecule has 0 fully saturated rings. The van der Waals surface area contributed by atoms with Gasteiger partial charge in [-0.15, -0.1) is 0 Å². The second-order valence-electron chi connectivity index (χ2n) is 3.20. The van der Waals surface area contributed by atoms with Crippen molar-refractivity contribution in [3.63, 3.8) is 0 Å². The van der Waals surface area contributed by atoms with E-state index in [2.05, 4.69) is 13.2 Å². The van der Waals surface area contributed by atoms with Crippen LogP contribution in [0.3, 0.4) is 0 Å². The minimum absolute atomic E-state index is 0.767. The van der Waals surface area contributed by atoms with Crippen LogP contribution in [0.25, 0.3) is 23.5 Å². The molecule has 0 amide bonds. The Morgan fingerprint density at radius 2 is 1.73 bits per heavy atom. The van der Waals surface area contributed by atoms with Crippen LogP contribution >= 0.6 is 0 Å². The molecule has 1 heterocycles. The van der Waals surface area contributed by atoms with Gasteiger partial charge in [-0.05, 0) is 12.1 Å². The number of furan rings is 1. The van der Waals surface area contributed by atoms with Crippen LogP contribution in [-0.4, -0.2) is 0 Å². The van der Waals surface area contributed by atoms with E-state index in [4.69, 9.17) is 4.42 Å². The molecule has 1 aromatic carbocycles. The van der Waals surface area contributed by atoms with Crippen LogP contribution in [0, 0.1) is 0 Å². The van der Waals surface area contributed by atoms with E-state index in [1.807, 2.05) is 36.4 Å². The molecule has 0 spiro atoms. The van der Waals surface area contributed by atoms with E-state index in [1.54, 1.807) is 12.2 Å². The fraction of sp³-hybridized carbons (Fsp3) is 0. The third-order valence-corrected chi connectivity index (χ3v) is 2.25. The van der Waals surface area contributed by atoms with E-state index >= 15 is 0 Å². The van der Waals surface area contributed by atoms with Gasteiger partial charge < -0.3 is 4.42 Å². The first-order chi connectivity index (χ1) is 7.35. The van der Waals surface area contributed by atoms with Crippen molar-refractivity contribution in [3.8, 4) is 11.3 Å². The van der Waals surface area contributed by atoms with Crippen LogP contribution in [0.1, 0.15) is 11.3 Å². The quantitative estimate of drug-likeness (QED) is 0.715. The van der Waals surface area contributed by atoms with Crippen molar-refractivity contribution in [2.24, 2.45) is 0 Å². The molecule has 0 saturated carbocycles. The van der Waals surface area contributed by atoms with Gasteiger partial charge in [0.15, 0.2) is 0 Å². The number of benzene rings is 1. The van der Waals surface area contributed by atoms with Crippen LogP contribution in [0.2, 0.25) is 0 Å². The molecule has 1 aromatic heterocycles. The highest BCUT2D eigenvalue weighted by molar-refractivity contribution is 5.68. The molecule has 15 heavy (non-hydrogen) atoms. The number of hydrogen-bond acceptors (Lipinski definition) is 1. The van der Waals surface area contributed by atoms with E-state index < -0.39 is 0 Å². The van der Waals surface area contributed by atoms with Crippen molar-refractivity contribution in [2.45, 2.75) is 0 Å². The second-order valence-corrected chi connectivity index (χ2v) is 3.20. The van der Waals surface area contributed by atoms with E-state index in [0.29, 0.717) is 0 Å². The monoisotopic (exact) mass is 196 g/mol. The summed E-state index contributed by atoms with van der Waals surface area (Å²) in [5.41, 5.74) is 2.04. The Kier molecular flexibility index (Phi) is 2.55. The van der Waals surface area contributed by atoms with Crippen LogP contribution in [0.5, 0.6) is 0 Å². The minimum Gasteiger partial charge on any atom is -0.456 e. The lowest BCUT2D eigenvalue weighted by molar-refractivity contribution is 0.571. The van der Waals surface area contributed by atoms with E-state index in [0.717, 1.165) is 22.6 Å². The summed E-state index contributed by atoms with van der Waals surface area (Å²) < 4.78 is 5.65. The van der Waals surface area contributed by atoms with Gasteiger partial charge in [-0.1, -0.05) is 49.6 Å². The Morgan fingerprint density at radius 3 is 2.27 bits per heavy atom. The zero-order valence-electron chi connectivity index (χ0n) is 8.44. The van der Waals surface area contributed by atoms with E-state index in [1.165, 1.54) is 0 Å². The molecule has 0 radical (unpaired) electrons. The minimum atomic E-state index is 0.767. The summed E-state index contributed by atoms with van der Waals surface area (Å²) in [4.78, 5) is 0. The highest BCUT2D eigenvalue weighted by Gasteiger charge is 2.06. The molecule has 2 rings (SSSR count). The second kappa shape index (κ2) is 4.01. The molecular formula is C14H12O. The summed E-state index contributed by atoms with van der Waals surface area (Å²) in [6.45, 7) is 7.44. The normalized spacial score (nSPS) is 9.87. The zero-order valence-corrected chi connectivity index (χ0v) is 8.44. The van der Waals surface area contributed by atoms with Crippen molar-refractivity contribution < 1.29 is 4.42 Å². The Morgan fingerprint density at radius 1 is 1.00 bits per heavy atom. The van der Waals surface area contributed by atoms with Gasteiger partial charge in [0.05, 0.1) is 0 Å². The maximum absolute atomic E-state index is 5.65. The predicted molar refractivity (Wildman–Crippen MR) is 64.3 cm³/mol. The molecular weight excluding hydrogens is 184 g/mol. The fourth-order valence-electron chi connectivity index (χ4n) is 1.48. The molecule has 0 N–H and O–H groups in total. The number of rotatable bonds is 3. The Hall–Kier alpha value is -2.02. The third-order valence-electron chi connectivity index (χ3n) is 2.25. The highest BCUT2D eigenvalue weighted by Crippen LogP contribution is 2.26. The van der Waals surface area contributed by atoms with Crippen molar-refractivity contribution in [1.82, 2.24) is 0 Å². The largest absolute Gasteiger partial charge is 0.456 e. The lowest BCUT2D eigenvalue weighted by atomic mass is 10.1. The molecule has 0 aliphatic heterocycles. The van der Waals surface area contributed by atoms with E-state index in [-0.39, 0.29) is 0 Å². The molecule has 0 saturated heterocycles. The number of hydrogen-bond donors (Lipinski definition) is 0. The zero-order chi connectivity index (χ0) is 10.7. The summed E-state index contributed by atoms with van der Waals surface area (Å²) in [5.74, 6) is 1.62. The van der Waals surface area contributed by atoms with Gasteiger partial charge in [0.25, 0.3) is 0 Å². The average molecular weight is 196 g/mol. The summed E-state index contributed by atoms with van der Waals surface area (Å²) in [5, 5.41) is 0. The predicted octanol–water partition coefficient (Wildman–Crippen LogP) is 4.23. The summed E-state index contributed by atoms with van der Waals surface area (Å²) >= 11 is 0. The molecule has 0 aliphatic carbocycles. The van der Waals surface area contributed by atoms with Gasteiger partial charge in [-0.3, -0.25) is 0 Å². The first-order valence-electron chi connectivity index (χ1n) is 4.79. The smallest absolute Gasteiger partial charge is 0.135 e. The summed E-state index contributed by atoms with van der Waals surface area (Å²) in [6.07, 6.45) is 3.47. The Balaban J connectivity index is 2.51. The van der Waals surface area contributed by atoms with Crippen molar-refractivity contribution in [1.29, 1.82) is 0 Å². The highest BCUT2D eigenvalue weighted by atomic mass is 16.3. The lowest BCUT2D eigenvalue weighted by Crippen LogP contribution is -1.69. The van der Waals surface area contributed by atoms with Crippen LogP contribution in [0.4, 0.5) is 0 Å². The first-order valence-corrected chi connectivity index (χ1v) is 4.79. The standard InChI is InChI=1S/C14H12O/c1-3-11-10-14(15-13(11)4-2)12-8-6-5-7-9-12/h3-10H,1-2H2. The summed E-state index contributed by atoms with van der Waals surface area (Å²) in [6, 6.07) is 11.9. The molecule has 0 unspecified atom stereocenters. The molecule has 1 heteroatoms. The van der Waals surface area contributed by atoms with Crippen molar-refractivity contribution in [2.75, 3.05) is 0 Å². The first kappa shape index (κ1) is 9.53. The Labute approximate surface area is 89.4 Å². The van der Waals surface area contributed by atoms with Gasteiger partial charge in [0.2, 0.25) is 0 Å². The maximum atomic E-state index is 5.65. The molecule has 0 atom stereocenters. The maximum Gasteiger partial charge on any atom is 0.135 e. The van der Waals surface area contributed by atoms with E-state index in [9.17, 15) is 0 Å². The van der Waals surface area contributed by atoms with Gasteiger partial charge >= 0.3 is 0 Å². The van der Waals surface area contributed by atoms with Crippen LogP contribution in [0.15, 0.2) is 54.0 Å². The third kappa shape index (κ3) is 1.77. The Bertz CT molecular complexity index is 452. The van der Waals surface area contributed by atoms with Gasteiger partial charge in [0, 0.05) is 11.1 Å². The molecule has 2 aromatic rings. The van der Waals surface area contributed by atoms with Crippen LogP contribution in [-0.2, 0) is 0 Å².